The summed E-state index contributed by atoms with van der Waals surface area (Å²) in [7, 11) is 0. The van der Waals surface area contributed by atoms with Gasteiger partial charge < -0.3 is 9.40 Å². The Kier molecular flexibility index (Phi) is 3.35. The van der Waals surface area contributed by atoms with Gasteiger partial charge in [0.1, 0.15) is 10.2 Å². The Morgan fingerprint density at radius 2 is 2.05 bits per heavy atom. The van der Waals surface area contributed by atoms with Gasteiger partial charge in [0.15, 0.2) is 11.6 Å². The zero-order valence-electron chi connectivity index (χ0n) is 12.7. The minimum Gasteiger partial charge on any atom is -0.458 e. The molecule has 2 aromatic heterocycles. The first-order valence-electron chi connectivity index (χ1n) is 7.18. The van der Waals surface area contributed by atoms with Crippen LogP contribution in [0.15, 0.2) is 25.8 Å². The van der Waals surface area contributed by atoms with Gasteiger partial charge in [-0.05, 0) is 40.4 Å². The fourth-order valence-electron chi connectivity index (χ4n) is 2.47. The summed E-state index contributed by atoms with van der Waals surface area (Å²) in [6.07, 6.45) is 1.17. The van der Waals surface area contributed by atoms with Crippen LogP contribution in [-0.2, 0) is 5.41 Å². The van der Waals surface area contributed by atoms with Crippen molar-refractivity contribution >= 4 is 15.9 Å². The van der Waals surface area contributed by atoms with E-state index in [1.54, 1.807) is 0 Å². The molecule has 0 saturated heterocycles. The lowest BCUT2D eigenvalue weighted by molar-refractivity contribution is 0.511. The van der Waals surface area contributed by atoms with Crippen LogP contribution in [0.1, 0.15) is 51.5 Å². The first kappa shape index (κ1) is 14.6. The van der Waals surface area contributed by atoms with Gasteiger partial charge in [0, 0.05) is 11.3 Å². The van der Waals surface area contributed by atoms with E-state index in [2.05, 4.69) is 32.8 Å². The smallest absolute Gasteiger partial charge is 0.265 e. The van der Waals surface area contributed by atoms with Crippen LogP contribution >= 0.6 is 15.9 Å². The summed E-state index contributed by atoms with van der Waals surface area (Å²) in [6.45, 7) is 8.30. The highest BCUT2D eigenvalue weighted by atomic mass is 79.9. The summed E-state index contributed by atoms with van der Waals surface area (Å²) in [4.78, 5) is 19.5. The molecule has 0 amide bonds. The number of halogens is 1. The van der Waals surface area contributed by atoms with Gasteiger partial charge in [0.25, 0.3) is 5.56 Å². The molecule has 21 heavy (non-hydrogen) atoms. The van der Waals surface area contributed by atoms with Crippen molar-refractivity contribution in [3.8, 4) is 11.6 Å². The number of furan rings is 1. The fourth-order valence-corrected chi connectivity index (χ4v) is 3.25. The highest BCUT2D eigenvalue weighted by molar-refractivity contribution is 9.10. The molecular formula is C16H19BrN2O2. The topological polar surface area (TPSA) is 58.9 Å². The molecule has 1 N–H and O–H groups in total. The Bertz CT molecular complexity index is 739. The maximum absolute atomic E-state index is 12.1. The van der Waals surface area contributed by atoms with Crippen molar-refractivity contribution in [1.29, 1.82) is 0 Å². The minimum absolute atomic E-state index is 0.178. The Labute approximate surface area is 132 Å². The molecule has 0 radical (unpaired) electrons. The number of aromatic nitrogens is 2. The van der Waals surface area contributed by atoms with E-state index in [1.165, 1.54) is 6.42 Å². The first-order chi connectivity index (χ1) is 9.77. The summed E-state index contributed by atoms with van der Waals surface area (Å²) in [5.41, 5.74) is 0.337. The molecule has 2 unspecified atom stereocenters. The van der Waals surface area contributed by atoms with Crippen molar-refractivity contribution < 1.29 is 4.42 Å². The van der Waals surface area contributed by atoms with E-state index in [-0.39, 0.29) is 11.0 Å². The molecule has 2 atom stereocenters. The third-order valence-electron chi connectivity index (χ3n) is 3.91. The second kappa shape index (κ2) is 4.83. The minimum atomic E-state index is -0.220. The van der Waals surface area contributed by atoms with Gasteiger partial charge in [0.05, 0.1) is 5.69 Å². The average Bonchev–Trinajstić information content (AvgIpc) is 2.92. The van der Waals surface area contributed by atoms with Crippen molar-refractivity contribution in [3.63, 3.8) is 0 Å². The Morgan fingerprint density at radius 1 is 1.38 bits per heavy atom. The second-order valence-electron chi connectivity index (χ2n) is 6.85. The Hall–Kier alpha value is -1.36. The molecule has 4 nitrogen and oxygen atoms in total. The third kappa shape index (κ3) is 2.71. The molecule has 5 heteroatoms. The molecule has 2 aromatic rings. The van der Waals surface area contributed by atoms with E-state index in [4.69, 9.17) is 4.42 Å². The lowest BCUT2D eigenvalue weighted by Gasteiger charge is -2.19. The Balaban J connectivity index is 2.04. The van der Waals surface area contributed by atoms with Crippen molar-refractivity contribution in [2.75, 3.05) is 0 Å². The second-order valence-corrected chi connectivity index (χ2v) is 7.64. The predicted octanol–water partition coefficient (Wildman–Crippen LogP) is 4.21. The highest BCUT2D eigenvalue weighted by Gasteiger charge is 2.36. The number of H-pyrrole nitrogens is 1. The lowest BCUT2D eigenvalue weighted by atomic mass is 9.92. The van der Waals surface area contributed by atoms with Crippen LogP contribution < -0.4 is 5.56 Å². The maximum Gasteiger partial charge on any atom is 0.265 e. The van der Waals surface area contributed by atoms with Gasteiger partial charge >= 0.3 is 0 Å². The van der Waals surface area contributed by atoms with Crippen LogP contribution in [0.4, 0.5) is 0 Å². The summed E-state index contributed by atoms with van der Waals surface area (Å²) in [5, 5.41) is 0. The molecule has 0 spiro atoms. The molecule has 1 fully saturated rings. The van der Waals surface area contributed by atoms with Crippen molar-refractivity contribution in [3.05, 3.63) is 38.4 Å². The molecule has 112 valence electrons. The monoisotopic (exact) mass is 350 g/mol. The zero-order chi connectivity index (χ0) is 15.4. The lowest BCUT2D eigenvalue weighted by Crippen LogP contribution is -2.22. The summed E-state index contributed by atoms with van der Waals surface area (Å²) in [5.74, 6) is 3.31. The van der Waals surface area contributed by atoms with E-state index < -0.39 is 0 Å². The first-order valence-corrected chi connectivity index (χ1v) is 7.97. The van der Waals surface area contributed by atoms with Crippen molar-refractivity contribution in [2.24, 2.45) is 5.92 Å². The maximum atomic E-state index is 12.1. The van der Waals surface area contributed by atoms with Crippen LogP contribution in [0.2, 0.25) is 0 Å². The van der Waals surface area contributed by atoms with Crippen LogP contribution in [0.5, 0.6) is 0 Å². The summed E-state index contributed by atoms with van der Waals surface area (Å²) in [6, 6.07) is 3.88. The summed E-state index contributed by atoms with van der Waals surface area (Å²) >= 11 is 3.33. The van der Waals surface area contributed by atoms with Crippen LogP contribution in [0, 0.1) is 5.92 Å². The SMILES string of the molecule is CC1CC1c1ccc(-c2nc(C(C)(C)C)c(Br)c(=O)[nH]2)o1. The van der Waals surface area contributed by atoms with E-state index in [1.807, 2.05) is 32.9 Å². The van der Waals surface area contributed by atoms with Crippen molar-refractivity contribution in [2.45, 2.75) is 45.4 Å². The molecule has 0 aromatic carbocycles. The Morgan fingerprint density at radius 3 is 2.62 bits per heavy atom. The quantitative estimate of drug-likeness (QED) is 0.882. The van der Waals surface area contributed by atoms with Gasteiger partial charge in [-0.1, -0.05) is 27.7 Å². The predicted molar refractivity (Wildman–Crippen MR) is 85.5 cm³/mol. The molecular weight excluding hydrogens is 332 g/mol. The number of nitrogens with zero attached hydrogens (tertiary/aromatic N) is 1. The summed E-state index contributed by atoms with van der Waals surface area (Å²) < 4.78 is 6.37. The van der Waals surface area contributed by atoms with E-state index in [0.29, 0.717) is 27.9 Å². The molecule has 0 aliphatic heterocycles. The van der Waals surface area contributed by atoms with E-state index in [9.17, 15) is 4.79 Å². The standard InChI is InChI=1S/C16H19BrN2O2/c1-8-7-9(8)10-5-6-11(21-10)14-18-13(16(2,3)4)12(17)15(20)19-14/h5-6,8-9H,7H2,1-4H3,(H,18,19,20). The van der Waals surface area contributed by atoms with E-state index in [0.717, 1.165) is 11.5 Å². The van der Waals surface area contributed by atoms with Crippen molar-refractivity contribution in [1.82, 2.24) is 9.97 Å². The number of rotatable bonds is 2. The number of hydrogen-bond donors (Lipinski definition) is 1. The van der Waals surface area contributed by atoms with E-state index >= 15 is 0 Å². The molecule has 1 aliphatic carbocycles. The third-order valence-corrected chi connectivity index (χ3v) is 4.64. The number of aromatic amines is 1. The van der Waals surface area contributed by atoms with Gasteiger partial charge in [-0.25, -0.2) is 4.98 Å². The highest BCUT2D eigenvalue weighted by Crippen LogP contribution is 2.47. The number of hydrogen-bond acceptors (Lipinski definition) is 3. The molecule has 2 heterocycles. The molecule has 1 saturated carbocycles. The van der Waals surface area contributed by atoms with Crippen LogP contribution in [0.3, 0.4) is 0 Å². The molecule has 1 aliphatic rings. The van der Waals surface area contributed by atoms with Crippen LogP contribution in [-0.4, -0.2) is 9.97 Å². The molecule has 3 rings (SSSR count). The normalized spacial score (nSPS) is 21.6. The van der Waals surface area contributed by atoms with Crippen LogP contribution in [0.25, 0.3) is 11.6 Å². The van der Waals surface area contributed by atoms with Gasteiger partial charge in [0.2, 0.25) is 0 Å². The van der Waals surface area contributed by atoms with Gasteiger partial charge in [-0.2, -0.15) is 0 Å². The average molecular weight is 351 g/mol. The largest absolute Gasteiger partial charge is 0.458 e. The molecule has 0 bridgehead atoms. The van der Waals surface area contributed by atoms with Gasteiger partial charge in [-0.3, -0.25) is 4.79 Å². The van der Waals surface area contributed by atoms with Gasteiger partial charge in [-0.15, -0.1) is 0 Å². The fraction of sp³-hybridized carbons (Fsp3) is 0.500. The zero-order valence-corrected chi connectivity index (χ0v) is 14.2. The number of nitrogens with one attached hydrogen (secondary N) is 1.